The van der Waals surface area contributed by atoms with E-state index in [0.29, 0.717) is 11.3 Å². The number of rotatable bonds is 5. The van der Waals surface area contributed by atoms with E-state index in [1.165, 1.54) is 16.0 Å². The molecule has 1 saturated heterocycles. The number of nitrogens with one attached hydrogen (secondary N) is 1. The summed E-state index contributed by atoms with van der Waals surface area (Å²) in [5.74, 6) is -0.265. The number of amides is 2. The Morgan fingerprint density at radius 1 is 1.07 bits per heavy atom. The highest BCUT2D eigenvalue weighted by Crippen LogP contribution is 2.30. The van der Waals surface area contributed by atoms with Gasteiger partial charge in [-0.3, -0.25) is 19.4 Å². The summed E-state index contributed by atoms with van der Waals surface area (Å²) in [4.78, 5) is 29.0. The van der Waals surface area contributed by atoms with E-state index in [0.717, 1.165) is 38.0 Å². The highest BCUT2D eigenvalue weighted by Gasteiger charge is 2.32. The van der Waals surface area contributed by atoms with Gasteiger partial charge in [0.2, 0.25) is 5.91 Å². The Bertz CT molecular complexity index is 910. The van der Waals surface area contributed by atoms with Gasteiger partial charge < -0.3 is 5.32 Å². The monoisotopic (exact) mass is 389 g/mol. The molecule has 150 valence electrons. The van der Waals surface area contributed by atoms with Gasteiger partial charge in [-0.2, -0.15) is 0 Å². The lowest BCUT2D eigenvalue weighted by Gasteiger charge is -2.33. The van der Waals surface area contributed by atoms with Crippen molar-refractivity contribution < 1.29 is 9.59 Å². The van der Waals surface area contributed by atoms with Crippen molar-refractivity contribution in [1.29, 1.82) is 0 Å². The molecule has 2 aliphatic rings. The molecule has 5 nitrogen and oxygen atoms in total. The Morgan fingerprint density at radius 3 is 2.41 bits per heavy atom. The summed E-state index contributed by atoms with van der Waals surface area (Å²) in [6.07, 6.45) is 1.85. The minimum Gasteiger partial charge on any atom is -0.352 e. The highest BCUT2D eigenvalue weighted by molar-refractivity contribution is 6.10. The molecule has 29 heavy (non-hydrogen) atoms. The van der Waals surface area contributed by atoms with Gasteiger partial charge in [0.05, 0.1) is 0 Å². The van der Waals surface area contributed by atoms with Crippen LogP contribution in [0.1, 0.15) is 39.9 Å². The Morgan fingerprint density at radius 2 is 1.72 bits per heavy atom. The molecule has 0 aromatic heterocycles. The standard InChI is InChI=1S/C24H27N3O2/c1-17-7-3-4-8-19(17)15-26-13-11-20(12-14-26)25-23(28)16-27-18(2)21-9-5-6-10-22(21)24(27)29/h3-10,20H,2,11-16H2,1H3,(H,25,28). The fraction of sp³-hybridized carbons (Fsp3) is 0.333. The van der Waals surface area contributed by atoms with E-state index < -0.39 is 0 Å². The van der Waals surface area contributed by atoms with Crippen molar-refractivity contribution in [3.05, 3.63) is 77.4 Å². The first kappa shape index (κ1) is 19.4. The van der Waals surface area contributed by atoms with Crippen LogP contribution in [-0.4, -0.2) is 47.3 Å². The van der Waals surface area contributed by atoms with E-state index in [2.05, 4.69) is 48.0 Å². The lowest BCUT2D eigenvalue weighted by molar-refractivity contribution is -0.122. The molecule has 0 unspecified atom stereocenters. The van der Waals surface area contributed by atoms with E-state index in [4.69, 9.17) is 0 Å². The minimum atomic E-state index is -0.145. The summed E-state index contributed by atoms with van der Waals surface area (Å²) in [6, 6.07) is 16.0. The molecule has 1 fully saturated rings. The van der Waals surface area contributed by atoms with Crippen LogP contribution >= 0.6 is 0 Å². The molecule has 0 bridgehead atoms. The van der Waals surface area contributed by atoms with Crippen LogP contribution in [0.25, 0.3) is 5.70 Å². The molecule has 2 amide bonds. The van der Waals surface area contributed by atoms with Crippen molar-refractivity contribution in [1.82, 2.24) is 15.1 Å². The zero-order valence-electron chi connectivity index (χ0n) is 16.9. The second-order valence-electron chi connectivity index (χ2n) is 7.93. The van der Waals surface area contributed by atoms with Gasteiger partial charge in [-0.15, -0.1) is 0 Å². The number of hydrogen-bond donors (Lipinski definition) is 1. The number of carbonyl (C=O) groups is 2. The maximum atomic E-state index is 12.6. The Labute approximate surface area is 172 Å². The van der Waals surface area contributed by atoms with Gasteiger partial charge in [0.25, 0.3) is 5.91 Å². The van der Waals surface area contributed by atoms with Crippen molar-refractivity contribution in [2.75, 3.05) is 19.6 Å². The molecule has 0 saturated carbocycles. The third-order valence-corrected chi connectivity index (χ3v) is 5.95. The van der Waals surface area contributed by atoms with Crippen LogP contribution in [0.2, 0.25) is 0 Å². The molecular weight excluding hydrogens is 362 g/mol. The third-order valence-electron chi connectivity index (χ3n) is 5.95. The third kappa shape index (κ3) is 4.10. The molecule has 0 aliphatic carbocycles. The summed E-state index contributed by atoms with van der Waals surface area (Å²) in [5.41, 5.74) is 4.72. The molecule has 0 spiro atoms. The number of hydrogen-bond acceptors (Lipinski definition) is 3. The Balaban J connectivity index is 1.27. The van der Waals surface area contributed by atoms with Crippen LogP contribution in [0.4, 0.5) is 0 Å². The van der Waals surface area contributed by atoms with E-state index in [9.17, 15) is 9.59 Å². The Hall–Kier alpha value is -2.92. The Kier molecular flexibility index (Phi) is 5.49. The largest absolute Gasteiger partial charge is 0.352 e. The number of benzene rings is 2. The van der Waals surface area contributed by atoms with Crippen molar-refractivity contribution in [2.24, 2.45) is 0 Å². The van der Waals surface area contributed by atoms with Gasteiger partial charge in [0, 0.05) is 42.5 Å². The van der Waals surface area contributed by atoms with Crippen LogP contribution in [0.15, 0.2) is 55.1 Å². The normalized spacial score (nSPS) is 17.5. The second-order valence-corrected chi connectivity index (χ2v) is 7.93. The number of aryl methyl sites for hydroxylation is 1. The van der Waals surface area contributed by atoms with E-state index in [1.54, 1.807) is 6.07 Å². The van der Waals surface area contributed by atoms with Crippen LogP contribution in [0, 0.1) is 6.92 Å². The molecule has 1 N–H and O–H groups in total. The van der Waals surface area contributed by atoms with Gasteiger partial charge in [0.15, 0.2) is 0 Å². The number of nitrogens with zero attached hydrogens (tertiary/aromatic N) is 2. The molecule has 2 aromatic rings. The lowest BCUT2D eigenvalue weighted by atomic mass is 10.0. The van der Waals surface area contributed by atoms with Crippen molar-refractivity contribution in [2.45, 2.75) is 32.4 Å². The van der Waals surface area contributed by atoms with E-state index >= 15 is 0 Å². The summed E-state index contributed by atoms with van der Waals surface area (Å²) in [7, 11) is 0. The second kappa shape index (κ2) is 8.21. The van der Waals surface area contributed by atoms with Gasteiger partial charge in [-0.25, -0.2) is 0 Å². The number of fused-ring (bicyclic) bond motifs is 1. The van der Waals surface area contributed by atoms with Gasteiger partial charge >= 0.3 is 0 Å². The van der Waals surface area contributed by atoms with Crippen LogP contribution in [0.5, 0.6) is 0 Å². The van der Waals surface area contributed by atoms with Crippen LogP contribution in [-0.2, 0) is 11.3 Å². The molecule has 5 heteroatoms. The maximum Gasteiger partial charge on any atom is 0.259 e. The first-order valence-electron chi connectivity index (χ1n) is 10.2. The zero-order valence-corrected chi connectivity index (χ0v) is 16.9. The average molecular weight is 389 g/mol. The summed E-state index contributed by atoms with van der Waals surface area (Å²) in [5, 5.41) is 3.11. The molecule has 4 rings (SSSR count). The number of piperidine rings is 1. The molecule has 0 radical (unpaired) electrons. The first-order chi connectivity index (χ1) is 14.0. The highest BCUT2D eigenvalue weighted by atomic mass is 16.2. The maximum absolute atomic E-state index is 12.6. The summed E-state index contributed by atoms with van der Waals surface area (Å²) >= 11 is 0. The quantitative estimate of drug-likeness (QED) is 0.854. The molecule has 0 atom stereocenters. The van der Waals surface area contributed by atoms with Crippen molar-refractivity contribution in [3.63, 3.8) is 0 Å². The molecule has 2 aromatic carbocycles. The van der Waals surface area contributed by atoms with E-state index in [-0.39, 0.29) is 24.4 Å². The van der Waals surface area contributed by atoms with Gasteiger partial charge in [-0.05, 0) is 37.0 Å². The van der Waals surface area contributed by atoms with E-state index in [1.807, 2.05) is 18.2 Å². The van der Waals surface area contributed by atoms with Crippen molar-refractivity contribution >= 4 is 17.5 Å². The van der Waals surface area contributed by atoms with Gasteiger partial charge in [0.1, 0.15) is 6.54 Å². The average Bonchev–Trinajstić information content (AvgIpc) is 2.96. The fourth-order valence-corrected chi connectivity index (χ4v) is 4.18. The van der Waals surface area contributed by atoms with Crippen molar-refractivity contribution in [3.8, 4) is 0 Å². The predicted molar refractivity (Wildman–Crippen MR) is 114 cm³/mol. The van der Waals surface area contributed by atoms with Crippen LogP contribution in [0.3, 0.4) is 0 Å². The molecule has 2 heterocycles. The first-order valence-corrected chi connectivity index (χ1v) is 10.2. The molecular formula is C24H27N3O2. The zero-order chi connectivity index (χ0) is 20.4. The van der Waals surface area contributed by atoms with Gasteiger partial charge in [-0.1, -0.05) is 49.0 Å². The number of likely N-dealkylation sites (tertiary alicyclic amines) is 1. The van der Waals surface area contributed by atoms with Crippen LogP contribution < -0.4 is 5.32 Å². The number of carbonyl (C=O) groups excluding carboxylic acids is 2. The topological polar surface area (TPSA) is 52.7 Å². The minimum absolute atomic E-state index is 0.0236. The predicted octanol–water partition coefficient (Wildman–Crippen LogP) is 3.20. The molecule has 2 aliphatic heterocycles. The summed E-state index contributed by atoms with van der Waals surface area (Å²) < 4.78 is 0. The lowest BCUT2D eigenvalue weighted by Crippen LogP contribution is -2.47. The smallest absolute Gasteiger partial charge is 0.259 e. The fourth-order valence-electron chi connectivity index (χ4n) is 4.18. The SMILES string of the molecule is C=C1c2ccccc2C(=O)N1CC(=O)NC1CCN(Cc2ccccc2C)CC1. The summed E-state index contributed by atoms with van der Waals surface area (Å²) in [6.45, 7) is 9.04.